The van der Waals surface area contributed by atoms with Gasteiger partial charge in [0.15, 0.2) is 5.96 Å². The predicted molar refractivity (Wildman–Crippen MR) is 99.5 cm³/mol. The minimum absolute atomic E-state index is 0.151. The quantitative estimate of drug-likeness (QED) is 0.684. The fraction of sp³-hybridized carbons (Fsp3) is 0.650. The van der Waals surface area contributed by atoms with Gasteiger partial charge in [-0.25, -0.2) is 0 Å². The molecule has 0 aliphatic carbocycles. The lowest BCUT2D eigenvalue weighted by molar-refractivity contribution is 0.0511. The molecule has 1 N–H and O–H groups in total. The number of likely N-dealkylation sites (tertiary alicyclic amines) is 1. The molecule has 24 heavy (non-hydrogen) atoms. The van der Waals surface area contributed by atoms with Crippen LogP contribution < -0.4 is 5.32 Å². The van der Waals surface area contributed by atoms with E-state index in [1.807, 2.05) is 7.05 Å². The van der Waals surface area contributed by atoms with E-state index in [0.29, 0.717) is 0 Å². The fourth-order valence-corrected chi connectivity index (χ4v) is 3.92. The second kappa shape index (κ2) is 8.02. The van der Waals surface area contributed by atoms with E-state index in [4.69, 9.17) is 4.74 Å². The summed E-state index contributed by atoms with van der Waals surface area (Å²) >= 11 is 0. The number of piperidine rings is 1. The molecule has 2 fully saturated rings. The normalized spacial score (nSPS) is 22.4. The summed E-state index contributed by atoms with van der Waals surface area (Å²) in [6.07, 6.45) is 4.66. The van der Waals surface area contributed by atoms with Crippen LogP contribution in [0, 0.1) is 5.92 Å². The first-order chi connectivity index (χ1) is 11.7. The van der Waals surface area contributed by atoms with Gasteiger partial charge in [-0.3, -0.25) is 4.99 Å². The molecule has 0 bridgehead atoms. The van der Waals surface area contributed by atoms with Crippen molar-refractivity contribution in [2.45, 2.75) is 38.0 Å². The van der Waals surface area contributed by atoms with Gasteiger partial charge in [-0.1, -0.05) is 37.3 Å². The maximum atomic E-state index is 5.64. The van der Waals surface area contributed by atoms with E-state index in [-0.39, 0.29) is 5.41 Å². The highest BCUT2D eigenvalue weighted by Gasteiger charge is 2.35. The summed E-state index contributed by atoms with van der Waals surface area (Å²) in [5, 5.41) is 3.68. The Morgan fingerprint density at radius 2 is 1.88 bits per heavy atom. The zero-order valence-electron chi connectivity index (χ0n) is 15.1. The number of guanidine groups is 1. The summed E-state index contributed by atoms with van der Waals surface area (Å²) < 4.78 is 5.64. The average molecular weight is 329 g/mol. The number of nitrogens with one attached hydrogen (secondary N) is 1. The number of ether oxygens (including phenoxy) is 1. The average Bonchev–Trinajstić information content (AvgIpc) is 2.65. The Kier molecular flexibility index (Phi) is 5.77. The highest BCUT2D eigenvalue weighted by Crippen LogP contribution is 2.34. The molecule has 1 aromatic rings. The van der Waals surface area contributed by atoms with E-state index in [0.717, 1.165) is 57.6 Å². The molecule has 3 rings (SSSR count). The summed E-state index contributed by atoms with van der Waals surface area (Å²) in [5.74, 6) is 1.90. The molecule has 0 amide bonds. The van der Waals surface area contributed by atoms with Gasteiger partial charge >= 0.3 is 0 Å². The summed E-state index contributed by atoms with van der Waals surface area (Å²) in [7, 11) is 1.90. The van der Waals surface area contributed by atoms with Crippen LogP contribution in [0.25, 0.3) is 0 Å². The lowest BCUT2D eigenvalue weighted by Gasteiger charge is -2.40. The van der Waals surface area contributed by atoms with Crippen LogP contribution in [0.4, 0.5) is 0 Å². The molecule has 0 atom stereocenters. The largest absolute Gasteiger partial charge is 0.381 e. The molecular weight excluding hydrogens is 298 g/mol. The van der Waals surface area contributed by atoms with E-state index in [2.05, 4.69) is 52.5 Å². The summed E-state index contributed by atoms with van der Waals surface area (Å²) in [5.41, 5.74) is 1.57. The van der Waals surface area contributed by atoms with Crippen LogP contribution in [0.2, 0.25) is 0 Å². The Balaban J connectivity index is 1.69. The Hall–Kier alpha value is -1.55. The van der Waals surface area contributed by atoms with Crippen molar-refractivity contribution in [3.8, 4) is 0 Å². The van der Waals surface area contributed by atoms with Crippen molar-refractivity contribution >= 4 is 5.96 Å². The second-order valence-corrected chi connectivity index (χ2v) is 7.33. The topological polar surface area (TPSA) is 36.9 Å². The van der Waals surface area contributed by atoms with Crippen molar-refractivity contribution in [3.05, 3.63) is 35.9 Å². The van der Waals surface area contributed by atoms with Gasteiger partial charge in [0, 0.05) is 45.3 Å². The highest BCUT2D eigenvalue weighted by atomic mass is 16.5. The van der Waals surface area contributed by atoms with Crippen LogP contribution in [-0.4, -0.2) is 50.8 Å². The molecule has 0 radical (unpaired) electrons. The van der Waals surface area contributed by atoms with E-state index in [1.165, 1.54) is 18.4 Å². The van der Waals surface area contributed by atoms with Crippen molar-refractivity contribution in [1.29, 1.82) is 0 Å². The monoisotopic (exact) mass is 329 g/mol. The molecule has 0 spiro atoms. The number of hydrogen-bond acceptors (Lipinski definition) is 2. The minimum atomic E-state index is 0.151. The van der Waals surface area contributed by atoms with Crippen molar-refractivity contribution in [1.82, 2.24) is 10.2 Å². The van der Waals surface area contributed by atoms with Crippen LogP contribution in [0.3, 0.4) is 0 Å². The molecule has 0 unspecified atom stereocenters. The Morgan fingerprint density at radius 1 is 1.21 bits per heavy atom. The van der Waals surface area contributed by atoms with Gasteiger partial charge in [0.25, 0.3) is 0 Å². The standard InChI is InChI=1S/C20H31N3O/c1-17-8-12-23(13-9-17)19(21-2)22-16-20(10-14-24-15-11-20)18-6-4-3-5-7-18/h3-7,17H,8-16H2,1-2H3,(H,21,22). The summed E-state index contributed by atoms with van der Waals surface area (Å²) in [6.45, 7) is 7.19. The first kappa shape index (κ1) is 17.3. The molecule has 2 aliphatic heterocycles. The summed E-state index contributed by atoms with van der Waals surface area (Å²) in [6, 6.07) is 10.9. The SMILES string of the molecule is CN=C(NCC1(c2ccccc2)CCOCC1)N1CCC(C)CC1. The molecule has 1 aromatic carbocycles. The molecule has 0 aromatic heterocycles. The fourth-order valence-electron chi connectivity index (χ4n) is 3.92. The van der Waals surface area contributed by atoms with Gasteiger partial charge in [-0.05, 0) is 37.2 Å². The van der Waals surface area contributed by atoms with Crippen molar-refractivity contribution in [3.63, 3.8) is 0 Å². The number of aliphatic imine (C=N–C) groups is 1. The second-order valence-electron chi connectivity index (χ2n) is 7.33. The summed E-state index contributed by atoms with van der Waals surface area (Å²) in [4.78, 5) is 6.96. The lowest BCUT2D eigenvalue weighted by Crippen LogP contribution is -2.51. The number of nitrogens with zero attached hydrogens (tertiary/aromatic N) is 2. The molecule has 4 nitrogen and oxygen atoms in total. The van der Waals surface area contributed by atoms with Crippen LogP contribution in [0.1, 0.15) is 38.2 Å². The van der Waals surface area contributed by atoms with Crippen LogP contribution in [-0.2, 0) is 10.2 Å². The lowest BCUT2D eigenvalue weighted by atomic mass is 9.74. The molecule has 2 heterocycles. The molecular formula is C20H31N3O. The minimum Gasteiger partial charge on any atom is -0.381 e. The first-order valence-corrected chi connectivity index (χ1v) is 9.32. The third-order valence-corrected chi connectivity index (χ3v) is 5.72. The number of rotatable bonds is 3. The van der Waals surface area contributed by atoms with Gasteiger partial charge in [0.05, 0.1) is 0 Å². The first-order valence-electron chi connectivity index (χ1n) is 9.32. The Morgan fingerprint density at radius 3 is 2.50 bits per heavy atom. The van der Waals surface area contributed by atoms with Gasteiger partial charge in [-0.15, -0.1) is 0 Å². The van der Waals surface area contributed by atoms with Gasteiger partial charge in [0.2, 0.25) is 0 Å². The van der Waals surface area contributed by atoms with Crippen molar-refractivity contribution in [2.75, 3.05) is 39.9 Å². The maximum absolute atomic E-state index is 5.64. The van der Waals surface area contributed by atoms with E-state index >= 15 is 0 Å². The smallest absolute Gasteiger partial charge is 0.193 e. The molecule has 2 aliphatic rings. The van der Waals surface area contributed by atoms with Crippen LogP contribution in [0.15, 0.2) is 35.3 Å². The zero-order valence-corrected chi connectivity index (χ0v) is 15.1. The van der Waals surface area contributed by atoms with Crippen molar-refractivity contribution in [2.24, 2.45) is 10.9 Å². The predicted octanol–water partition coefficient (Wildman–Crippen LogP) is 3.04. The van der Waals surface area contributed by atoms with E-state index in [9.17, 15) is 0 Å². The van der Waals surface area contributed by atoms with E-state index < -0.39 is 0 Å². The third-order valence-electron chi connectivity index (χ3n) is 5.72. The van der Waals surface area contributed by atoms with E-state index in [1.54, 1.807) is 0 Å². The maximum Gasteiger partial charge on any atom is 0.193 e. The van der Waals surface area contributed by atoms with Gasteiger partial charge < -0.3 is 15.0 Å². The van der Waals surface area contributed by atoms with Gasteiger partial charge in [0.1, 0.15) is 0 Å². The Bertz CT molecular complexity index is 529. The van der Waals surface area contributed by atoms with Crippen LogP contribution in [0.5, 0.6) is 0 Å². The Labute approximate surface area is 146 Å². The zero-order chi connectivity index (χ0) is 16.8. The number of hydrogen-bond donors (Lipinski definition) is 1. The highest BCUT2D eigenvalue weighted by molar-refractivity contribution is 5.80. The number of benzene rings is 1. The molecule has 0 saturated carbocycles. The van der Waals surface area contributed by atoms with Gasteiger partial charge in [-0.2, -0.15) is 0 Å². The molecule has 4 heteroatoms. The van der Waals surface area contributed by atoms with Crippen LogP contribution >= 0.6 is 0 Å². The third kappa shape index (κ3) is 3.92. The van der Waals surface area contributed by atoms with Crippen molar-refractivity contribution < 1.29 is 4.74 Å². The molecule has 132 valence electrons. The molecule has 2 saturated heterocycles.